The van der Waals surface area contributed by atoms with Gasteiger partial charge in [0, 0.05) is 12.3 Å². The van der Waals surface area contributed by atoms with Gasteiger partial charge in [0.2, 0.25) is 0 Å². The first-order chi connectivity index (χ1) is 5.27. The molecule has 0 saturated carbocycles. The smallest absolute Gasteiger partial charge is 0.173 e. The minimum atomic E-state index is 0.251. The van der Waals surface area contributed by atoms with Gasteiger partial charge in [-0.05, 0) is 6.07 Å². The Hall–Kier alpha value is -0.800. The molecule has 0 saturated heterocycles. The van der Waals surface area contributed by atoms with Crippen LogP contribution in [0, 0.1) is 0 Å². The first-order valence-corrected chi connectivity index (χ1v) is 4.20. The Bertz CT molecular complexity index is 398. The molecule has 2 rings (SSSR count). The van der Waals surface area contributed by atoms with Crippen molar-refractivity contribution in [1.29, 1.82) is 0 Å². The fourth-order valence-electron chi connectivity index (χ4n) is 0.895. The molecule has 0 amide bonds. The molecular weight excluding hydrogens is 182 g/mol. The third-order valence-electron chi connectivity index (χ3n) is 1.35. The number of pyridine rings is 1. The zero-order valence-electron chi connectivity index (χ0n) is 5.41. The van der Waals surface area contributed by atoms with E-state index in [0.717, 1.165) is 10.2 Å². The summed E-state index contributed by atoms with van der Waals surface area (Å²) >= 11 is 7.07. The molecular formula is C7H4ClNOS. The fraction of sp³-hybridized carbons (Fsp3) is 0. The number of aromatic nitrogens is 1. The van der Waals surface area contributed by atoms with Gasteiger partial charge in [0.05, 0.1) is 15.2 Å². The van der Waals surface area contributed by atoms with Crippen LogP contribution in [0.3, 0.4) is 0 Å². The lowest BCUT2D eigenvalue weighted by molar-refractivity contribution is 0.491. The monoisotopic (exact) mass is 185 g/mol. The molecule has 1 N–H and O–H groups in total. The van der Waals surface area contributed by atoms with Crippen molar-refractivity contribution in [1.82, 2.24) is 4.98 Å². The second-order valence-corrected chi connectivity index (χ2v) is 3.53. The van der Waals surface area contributed by atoms with E-state index in [1.54, 1.807) is 18.3 Å². The molecule has 2 nitrogen and oxygen atoms in total. The third-order valence-corrected chi connectivity index (χ3v) is 2.74. The van der Waals surface area contributed by atoms with E-state index < -0.39 is 0 Å². The molecule has 0 aromatic carbocycles. The number of aromatic hydroxyl groups is 1. The predicted octanol–water partition coefficient (Wildman–Crippen LogP) is 2.66. The van der Waals surface area contributed by atoms with Gasteiger partial charge in [-0.25, -0.2) is 0 Å². The molecule has 0 aliphatic rings. The molecule has 2 heterocycles. The molecule has 2 aromatic rings. The first kappa shape index (κ1) is 6.88. The maximum absolute atomic E-state index is 9.10. The SMILES string of the molecule is Oc1cc2nccc(Cl)c2s1. The summed E-state index contributed by atoms with van der Waals surface area (Å²) in [6.07, 6.45) is 1.62. The number of hydrogen-bond acceptors (Lipinski definition) is 3. The highest BCUT2D eigenvalue weighted by Gasteiger charge is 2.03. The van der Waals surface area contributed by atoms with Gasteiger partial charge < -0.3 is 5.11 Å². The average Bonchev–Trinajstić information content (AvgIpc) is 2.31. The molecule has 0 aliphatic heterocycles. The summed E-state index contributed by atoms with van der Waals surface area (Å²) in [6.45, 7) is 0. The van der Waals surface area contributed by atoms with Crippen molar-refractivity contribution in [2.24, 2.45) is 0 Å². The Kier molecular flexibility index (Phi) is 1.47. The van der Waals surface area contributed by atoms with E-state index in [-0.39, 0.29) is 5.06 Å². The fourth-order valence-corrected chi connectivity index (χ4v) is 1.92. The van der Waals surface area contributed by atoms with Crippen molar-refractivity contribution < 1.29 is 5.11 Å². The van der Waals surface area contributed by atoms with Crippen molar-refractivity contribution >= 4 is 33.2 Å². The third kappa shape index (κ3) is 1.06. The van der Waals surface area contributed by atoms with Gasteiger partial charge in [-0.1, -0.05) is 22.9 Å². The van der Waals surface area contributed by atoms with E-state index in [2.05, 4.69) is 4.98 Å². The molecule has 56 valence electrons. The predicted molar refractivity (Wildman–Crippen MR) is 46.3 cm³/mol. The first-order valence-electron chi connectivity index (χ1n) is 3.00. The summed E-state index contributed by atoms with van der Waals surface area (Å²) in [6, 6.07) is 3.31. The van der Waals surface area contributed by atoms with Crippen LogP contribution in [-0.2, 0) is 0 Å². The van der Waals surface area contributed by atoms with Crippen molar-refractivity contribution in [3.8, 4) is 5.06 Å². The molecule has 0 radical (unpaired) electrons. The highest BCUT2D eigenvalue weighted by Crippen LogP contribution is 2.33. The van der Waals surface area contributed by atoms with Crippen LogP contribution in [0.25, 0.3) is 10.2 Å². The number of hydrogen-bond donors (Lipinski definition) is 1. The van der Waals surface area contributed by atoms with Gasteiger partial charge in [0.15, 0.2) is 5.06 Å². The Labute approximate surface area is 72.1 Å². The van der Waals surface area contributed by atoms with E-state index in [9.17, 15) is 0 Å². The van der Waals surface area contributed by atoms with Gasteiger partial charge in [-0.2, -0.15) is 0 Å². The maximum Gasteiger partial charge on any atom is 0.173 e. The van der Waals surface area contributed by atoms with Crippen LogP contribution < -0.4 is 0 Å². The molecule has 2 aromatic heterocycles. The minimum absolute atomic E-state index is 0.251. The van der Waals surface area contributed by atoms with E-state index in [1.165, 1.54) is 11.3 Å². The topological polar surface area (TPSA) is 33.1 Å². The van der Waals surface area contributed by atoms with Gasteiger partial charge in [-0.3, -0.25) is 4.98 Å². The Morgan fingerprint density at radius 2 is 2.36 bits per heavy atom. The lowest BCUT2D eigenvalue weighted by Crippen LogP contribution is -1.69. The average molecular weight is 186 g/mol. The van der Waals surface area contributed by atoms with Gasteiger partial charge in [-0.15, -0.1) is 0 Å². The lowest BCUT2D eigenvalue weighted by atomic mass is 10.4. The van der Waals surface area contributed by atoms with E-state index in [0.29, 0.717) is 5.02 Å². The zero-order chi connectivity index (χ0) is 7.84. The molecule has 4 heteroatoms. The largest absolute Gasteiger partial charge is 0.499 e. The van der Waals surface area contributed by atoms with Gasteiger partial charge in [0.1, 0.15) is 0 Å². The van der Waals surface area contributed by atoms with Crippen molar-refractivity contribution in [3.63, 3.8) is 0 Å². The molecule has 0 atom stereocenters. The summed E-state index contributed by atoms with van der Waals surface area (Å²) in [5, 5.41) is 9.99. The molecule has 0 fully saturated rings. The number of rotatable bonds is 0. The Morgan fingerprint density at radius 3 is 3.09 bits per heavy atom. The second kappa shape index (κ2) is 2.36. The number of halogens is 1. The number of fused-ring (bicyclic) bond motifs is 1. The van der Waals surface area contributed by atoms with Crippen LogP contribution >= 0.6 is 22.9 Å². The summed E-state index contributed by atoms with van der Waals surface area (Å²) in [5.41, 5.74) is 0.750. The molecule has 0 spiro atoms. The quantitative estimate of drug-likeness (QED) is 0.685. The normalized spacial score (nSPS) is 10.6. The second-order valence-electron chi connectivity index (χ2n) is 2.09. The highest BCUT2D eigenvalue weighted by molar-refractivity contribution is 7.21. The van der Waals surface area contributed by atoms with Crippen molar-refractivity contribution in [2.45, 2.75) is 0 Å². The molecule has 0 unspecified atom stereocenters. The minimum Gasteiger partial charge on any atom is -0.499 e. The van der Waals surface area contributed by atoms with Crippen molar-refractivity contribution in [3.05, 3.63) is 23.4 Å². The van der Waals surface area contributed by atoms with Gasteiger partial charge >= 0.3 is 0 Å². The summed E-state index contributed by atoms with van der Waals surface area (Å²) in [5.74, 6) is 0. The Morgan fingerprint density at radius 1 is 1.55 bits per heavy atom. The van der Waals surface area contributed by atoms with E-state index in [1.807, 2.05) is 0 Å². The van der Waals surface area contributed by atoms with E-state index >= 15 is 0 Å². The molecule has 0 aliphatic carbocycles. The van der Waals surface area contributed by atoms with Crippen LogP contribution in [0.5, 0.6) is 5.06 Å². The number of thiophene rings is 1. The lowest BCUT2D eigenvalue weighted by Gasteiger charge is -1.88. The highest BCUT2D eigenvalue weighted by atomic mass is 35.5. The number of nitrogens with zero attached hydrogens (tertiary/aromatic N) is 1. The van der Waals surface area contributed by atoms with Crippen molar-refractivity contribution in [2.75, 3.05) is 0 Å². The summed E-state index contributed by atoms with van der Waals surface area (Å²) < 4.78 is 0.840. The van der Waals surface area contributed by atoms with Crippen LogP contribution in [0.1, 0.15) is 0 Å². The molecule has 11 heavy (non-hydrogen) atoms. The Balaban J connectivity index is 2.90. The van der Waals surface area contributed by atoms with Gasteiger partial charge in [0.25, 0.3) is 0 Å². The maximum atomic E-state index is 9.10. The van der Waals surface area contributed by atoms with Crippen LogP contribution in [0.2, 0.25) is 5.02 Å². The summed E-state index contributed by atoms with van der Waals surface area (Å²) in [4.78, 5) is 4.03. The van der Waals surface area contributed by atoms with Crippen LogP contribution in [-0.4, -0.2) is 10.1 Å². The van der Waals surface area contributed by atoms with Crippen LogP contribution in [0.4, 0.5) is 0 Å². The van der Waals surface area contributed by atoms with E-state index in [4.69, 9.17) is 16.7 Å². The standard InChI is InChI=1S/C7H4ClNOS/c8-4-1-2-9-5-3-6(10)11-7(4)5/h1-3,10H. The van der Waals surface area contributed by atoms with Crippen LogP contribution in [0.15, 0.2) is 18.3 Å². The summed E-state index contributed by atoms with van der Waals surface area (Å²) in [7, 11) is 0. The zero-order valence-corrected chi connectivity index (χ0v) is 6.99. The molecule has 0 bridgehead atoms.